The second kappa shape index (κ2) is 13.6. The van der Waals surface area contributed by atoms with Crippen molar-refractivity contribution in [3.05, 3.63) is 88.4 Å². The molecule has 0 bridgehead atoms. The number of nitrogens with one attached hydrogen (secondary N) is 1. The fraction of sp³-hybridized carbons (Fsp3) is 0.269. The maximum atomic E-state index is 13.0. The third-order valence-corrected chi connectivity index (χ3v) is 7.47. The molecule has 0 heterocycles. The minimum Gasteiger partial charge on any atom is -0.546 e. The van der Waals surface area contributed by atoms with Gasteiger partial charge in [0, 0.05) is 17.6 Å². The first-order valence-electron chi connectivity index (χ1n) is 11.0. The zero-order valence-electron chi connectivity index (χ0n) is 20.4. The minimum absolute atomic E-state index is 0. The summed E-state index contributed by atoms with van der Waals surface area (Å²) in [4.78, 5) is 10.8. The topological polar surface area (TPSA) is 116 Å². The summed E-state index contributed by atoms with van der Waals surface area (Å²) in [5.41, 5.74) is 2.19. The van der Waals surface area contributed by atoms with Crippen LogP contribution in [-0.2, 0) is 21.1 Å². The molecule has 0 unspecified atom stereocenters. The molecule has 0 aliphatic rings. The Morgan fingerprint density at radius 1 is 1.08 bits per heavy atom. The second-order valence-corrected chi connectivity index (χ2v) is 10.7. The summed E-state index contributed by atoms with van der Waals surface area (Å²) in [7, 11) is -3.75. The standard InChI is InChI=1S/C26H28ClNO6S.Na/c1-17-12-23(10-11-25(17)34-16-26(30)31)35(32,33)22-8-6-19(7-9-22)13-18(2)28-15-24(29)20-4-3-5-21(27)14-20;/h3-12,14,18,24,28-29H,13,15-16H2,1-2H3,(H,30,31);/q;+1/p-1/t18-,24+;/m1./s1. The number of aliphatic hydroxyl groups is 1. The third kappa shape index (κ3) is 8.31. The van der Waals surface area contributed by atoms with E-state index in [4.69, 9.17) is 16.3 Å². The number of hydrogen-bond acceptors (Lipinski definition) is 7. The summed E-state index contributed by atoms with van der Waals surface area (Å²) in [5.74, 6) is -1.08. The van der Waals surface area contributed by atoms with Crippen LogP contribution >= 0.6 is 11.6 Å². The van der Waals surface area contributed by atoms with Crippen LogP contribution in [0.1, 0.15) is 29.7 Å². The summed E-state index contributed by atoms with van der Waals surface area (Å²) in [6.07, 6.45) is -0.0451. The van der Waals surface area contributed by atoms with Crippen molar-refractivity contribution in [2.45, 2.75) is 42.2 Å². The van der Waals surface area contributed by atoms with Gasteiger partial charge in [0.2, 0.25) is 9.84 Å². The van der Waals surface area contributed by atoms with Gasteiger partial charge in [0.25, 0.3) is 0 Å². The van der Waals surface area contributed by atoms with Crippen molar-refractivity contribution in [3.8, 4) is 5.75 Å². The van der Waals surface area contributed by atoms with Gasteiger partial charge in [-0.25, -0.2) is 8.42 Å². The van der Waals surface area contributed by atoms with E-state index in [1.165, 1.54) is 18.2 Å². The van der Waals surface area contributed by atoms with Crippen LogP contribution in [-0.4, -0.2) is 38.7 Å². The molecule has 36 heavy (non-hydrogen) atoms. The average molecular weight is 540 g/mol. The Kier molecular flexibility index (Phi) is 11.4. The van der Waals surface area contributed by atoms with E-state index < -0.39 is 28.5 Å². The predicted octanol–water partition coefficient (Wildman–Crippen LogP) is -0.132. The van der Waals surface area contributed by atoms with Gasteiger partial charge in [0.15, 0.2) is 0 Å². The van der Waals surface area contributed by atoms with Crippen LogP contribution in [0.4, 0.5) is 0 Å². The van der Waals surface area contributed by atoms with Crippen molar-refractivity contribution in [1.82, 2.24) is 5.32 Å². The molecular formula is C26H27ClNNaO6S. The Labute approximate surface area is 238 Å². The van der Waals surface area contributed by atoms with Crippen molar-refractivity contribution < 1.29 is 57.7 Å². The van der Waals surface area contributed by atoms with Gasteiger partial charge >= 0.3 is 29.6 Å². The number of aliphatic carboxylic acids is 1. The number of carbonyl (C=O) groups excluding carboxylic acids is 1. The van der Waals surface area contributed by atoms with Crippen LogP contribution in [0, 0.1) is 6.92 Å². The predicted molar refractivity (Wildman–Crippen MR) is 131 cm³/mol. The summed E-state index contributed by atoms with van der Waals surface area (Å²) >= 11 is 5.98. The van der Waals surface area contributed by atoms with Gasteiger partial charge in [0.1, 0.15) is 12.4 Å². The third-order valence-electron chi connectivity index (χ3n) is 5.47. The van der Waals surface area contributed by atoms with Crippen molar-refractivity contribution in [3.63, 3.8) is 0 Å². The van der Waals surface area contributed by atoms with Crippen LogP contribution in [0.15, 0.2) is 76.5 Å². The molecule has 3 aromatic rings. The fourth-order valence-corrected chi connectivity index (χ4v) is 5.14. The molecule has 186 valence electrons. The number of sulfone groups is 1. The van der Waals surface area contributed by atoms with Gasteiger partial charge in [-0.05, 0) is 79.4 Å². The van der Waals surface area contributed by atoms with Crippen LogP contribution in [0.5, 0.6) is 5.75 Å². The number of rotatable bonds is 11. The van der Waals surface area contributed by atoms with E-state index in [2.05, 4.69) is 5.32 Å². The van der Waals surface area contributed by atoms with Crippen LogP contribution in [0.25, 0.3) is 0 Å². The molecule has 3 aromatic carbocycles. The monoisotopic (exact) mass is 539 g/mol. The molecule has 2 atom stereocenters. The number of hydrogen-bond donors (Lipinski definition) is 2. The smallest absolute Gasteiger partial charge is 0.546 e. The van der Waals surface area contributed by atoms with E-state index in [9.17, 15) is 23.4 Å². The Morgan fingerprint density at radius 3 is 2.36 bits per heavy atom. The first-order chi connectivity index (χ1) is 16.6. The van der Waals surface area contributed by atoms with Crippen molar-refractivity contribution in [2.24, 2.45) is 0 Å². The van der Waals surface area contributed by atoms with E-state index in [1.54, 1.807) is 49.4 Å². The first-order valence-corrected chi connectivity index (χ1v) is 12.9. The van der Waals surface area contributed by atoms with Gasteiger partial charge in [0.05, 0.1) is 21.9 Å². The summed E-state index contributed by atoms with van der Waals surface area (Å²) in [5, 5.41) is 24.8. The zero-order chi connectivity index (χ0) is 25.6. The molecule has 0 aromatic heterocycles. The Hall–Kier alpha value is -1.91. The second-order valence-electron chi connectivity index (χ2n) is 8.32. The SMILES string of the molecule is Cc1cc(S(=O)(=O)c2ccc(C[C@@H](C)NC[C@H](O)c3cccc(Cl)c3)cc2)ccc1OCC(=O)[O-].[Na+]. The molecule has 0 fully saturated rings. The van der Waals surface area contributed by atoms with Crippen molar-refractivity contribution in [2.75, 3.05) is 13.2 Å². The molecule has 0 spiro atoms. The van der Waals surface area contributed by atoms with Crippen LogP contribution < -0.4 is 44.7 Å². The number of carboxylic acids is 1. The normalized spacial score (nSPS) is 12.9. The summed E-state index contributed by atoms with van der Waals surface area (Å²) < 4.78 is 31.2. The molecule has 0 saturated carbocycles. The maximum Gasteiger partial charge on any atom is 1.00 e. The number of ether oxygens (including phenoxy) is 1. The summed E-state index contributed by atoms with van der Waals surface area (Å²) in [6.45, 7) is 3.38. The fourth-order valence-electron chi connectivity index (χ4n) is 3.60. The quantitative estimate of drug-likeness (QED) is 0.326. The molecule has 0 aliphatic carbocycles. The number of carbonyl (C=O) groups is 1. The van der Waals surface area contributed by atoms with Crippen LogP contribution in [0.2, 0.25) is 5.02 Å². The number of halogens is 1. The molecule has 7 nitrogen and oxygen atoms in total. The van der Waals surface area contributed by atoms with Gasteiger partial charge in [-0.1, -0.05) is 35.9 Å². The zero-order valence-corrected chi connectivity index (χ0v) is 24.0. The van der Waals surface area contributed by atoms with E-state index in [0.29, 0.717) is 23.6 Å². The molecule has 0 amide bonds. The van der Waals surface area contributed by atoms with Gasteiger partial charge in [-0.2, -0.15) is 0 Å². The molecule has 10 heteroatoms. The average Bonchev–Trinajstić information content (AvgIpc) is 2.82. The summed E-state index contributed by atoms with van der Waals surface area (Å²) in [6, 6.07) is 18.1. The van der Waals surface area contributed by atoms with E-state index >= 15 is 0 Å². The minimum atomic E-state index is -3.75. The number of aliphatic hydroxyl groups excluding tert-OH is 1. The molecule has 0 radical (unpaired) electrons. The Bertz CT molecular complexity index is 1280. The van der Waals surface area contributed by atoms with E-state index in [-0.39, 0.29) is 51.1 Å². The van der Waals surface area contributed by atoms with Crippen molar-refractivity contribution in [1.29, 1.82) is 0 Å². The van der Waals surface area contributed by atoms with Gasteiger partial charge in [-0.3, -0.25) is 0 Å². The Morgan fingerprint density at radius 2 is 1.75 bits per heavy atom. The van der Waals surface area contributed by atoms with Gasteiger partial charge < -0.3 is 25.1 Å². The molecule has 0 aliphatic heterocycles. The molecular weight excluding hydrogens is 513 g/mol. The number of benzene rings is 3. The van der Waals surface area contributed by atoms with Crippen LogP contribution in [0.3, 0.4) is 0 Å². The maximum absolute atomic E-state index is 13.0. The molecule has 2 N–H and O–H groups in total. The van der Waals surface area contributed by atoms with E-state index in [1.807, 2.05) is 13.0 Å². The number of carboxylic acid groups (broad SMARTS) is 1. The Balaban J connectivity index is 0.00000456. The number of aryl methyl sites for hydroxylation is 1. The largest absolute Gasteiger partial charge is 1.00 e. The molecule has 3 rings (SSSR count). The van der Waals surface area contributed by atoms with Gasteiger partial charge in [-0.15, -0.1) is 0 Å². The first kappa shape index (κ1) is 30.3. The van der Waals surface area contributed by atoms with E-state index in [0.717, 1.165) is 11.1 Å². The van der Waals surface area contributed by atoms with Crippen molar-refractivity contribution >= 4 is 27.4 Å². The molecule has 0 saturated heterocycles.